The Kier molecular flexibility index (Phi) is 6.14. The van der Waals surface area contributed by atoms with Crippen LogP contribution in [0.3, 0.4) is 0 Å². The molecule has 146 valence electrons. The SMILES string of the molecule is CCCCOc1ccc(C(C)NC(=O)c2c[nH]c3ccc(C)cc3c2=O)cc1. The molecular formula is C23H26N2O3. The van der Waals surface area contributed by atoms with E-state index in [9.17, 15) is 9.59 Å². The molecule has 0 aliphatic heterocycles. The van der Waals surface area contributed by atoms with Gasteiger partial charge < -0.3 is 15.0 Å². The highest BCUT2D eigenvalue weighted by Crippen LogP contribution is 2.18. The molecule has 1 atom stereocenters. The molecule has 28 heavy (non-hydrogen) atoms. The number of aromatic amines is 1. The average molecular weight is 378 g/mol. The molecule has 0 saturated carbocycles. The van der Waals surface area contributed by atoms with Crippen LogP contribution in [0.1, 0.15) is 54.2 Å². The molecule has 0 saturated heterocycles. The first kappa shape index (κ1) is 19.7. The molecule has 2 aromatic carbocycles. The molecule has 1 amide bonds. The number of hydrogen-bond acceptors (Lipinski definition) is 3. The number of aromatic nitrogens is 1. The van der Waals surface area contributed by atoms with Crippen LogP contribution in [0.15, 0.2) is 53.5 Å². The van der Waals surface area contributed by atoms with Gasteiger partial charge in [-0.3, -0.25) is 9.59 Å². The Bertz CT molecular complexity index is 1020. The van der Waals surface area contributed by atoms with Gasteiger partial charge in [-0.05, 0) is 50.1 Å². The topological polar surface area (TPSA) is 71.2 Å². The summed E-state index contributed by atoms with van der Waals surface area (Å²) in [5.41, 5.74) is 2.50. The van der Waals surface area contributed by atoms with Gasteiger partial charge in [0.2, 0.25) is 5.43 Å². The molecule has 1 unspecified atom stereocenters. The first-order valence-electron chi connectivity index (χ1n) is 9.65. The number of nitrogens with one attached hydrogen (secondary N) is 2. The average Bonchev–Trinajstić information content (AvgIpc) is 2.69. The van der Waals surface area contributed by atoms with Gasteiger partial charge in [-0.15, -0.1) is 0 Å². The molecule has 5 nitrogen and oxygen atoms in total. The van der Waals surface area contributed by atoms with Crippen LogP contribution < -0.4 is 15.5 Å². The maximum Gasteiger partial charge on any atom is 0.257 e. The molecule has 3 rings (SSSR count). The third-order valence-corrected chi connectivity index (χ3v) is 4.78. The number of rotatable bonds is 7. The van der Waals surface area contributed by atoms with E-state index >= 15 is 0 Å². The van der Waals surface area contributed by atoms with Crippen molar-refractivity contribution < 1.29 is 9.53 Å². The van der Waals surface area contributed by atoms with E-state index in [1.807, 2.05) is 50.2 Å². The van der Waals surface area contributed by atoms with Crippen LogP contribution in [0.2, 0.25) is 0 Å². The van der Waals surface area contributed by atoms with Gasteiger partial charge in [-0.2, -0.15) is 0 Å². The highest BCUT2D eigenvalue weighted by molar-refractivity contribution is 5.97. The smallest absolute Gasteiger partial charge is 0.257 e. The number of pyridine rings is 1. The molecule has 3 aromatic rings. The number of ether oxygens (including phenoxy) is 1. The Balaban J connectivity index is 1.73. The minimum atomic E-state index is -0.388. The van der Waals surface area contributed by atoms with Crippen molar-refractivity contribution in [3.8, 4) is 5.75 Å². The second kappa shape index (κ2) is 8.74. The second-order valence-electron chi connectivity index (χ2n) is 7.05. The van der Waals surface area contributed by atoms with Crippen LogP contribution in [-0.4, -0.2) is 17.5 Å². The Labute approximate surface area is 164 Å². The van der Waals surface area contributed by atoms with Crippen LogP contribution >= 0.6 is 0 Å². The zero-order valence-corrected chi connectivity index (χ0v) is 16.5. The van der Waals surface area contributed by atoms with Gasteiger partial charge in [0.1, 0.15) is 11.3 Å². The highest BCUT2D eigenvalue weighted by atomic mass is 16.5. The largest absolute Gasteiger partial charge is 0.494 e. The van der Waals surface area contributed by atoms with Crippen molar-refractivity contribution in [2.75, 3.05) is 6.61 Å². The number of carbonyl (C=O) groups is 1. The lowest BCUT2D eigenvalue weighted by atomic mass is 10.1. The second-order valence-corrected chi connectivity index (χ2v) is 7.05. The summed E-state index contributed by atoms with van der Waals surface area (Å²) in [6.07, 6.45) is 3.59. The first-order chi connectivity index (χ1) is 13.5. The summed E-state index contributed by atoms with van der Waals surface area (Å²) in [5, 5.41) is 3.43. The summed E-state index contributed by atoms with van der Waals surface area (Å²) in [6, 6.07) is 13.0. The molecule has 0 aliphatic carbocycles. The maximum absolute atomic E-state index is 12.7. The molecule has 5 heteroatoms. The number of hydrogen-bond donors (Lipinski definition) is 2. The minimum Gasteiger partial charge on any atom is -0.494 e. The van der Waals surface area contributed by atoms with Gasteiger partial charge in [-0.1, -0.05) is 37.1 Å². The highest BCUT2D eigenvalue weighted by Gasteiger charge is 2.16. The normalized spacial score (nSPS) is 12.0. The van der Waals surface area contributed by atoms with Gasteiger partial charge >= 0.3 is 0 Å². The summed E-state index contributed by atoms with van der Waals surface area (Å²) in [4.78, 5) is 28.4. The zero-order valence-electron chi connectivity index (χ0n) is 16.5. The Morgan fingerprint density at radius 2 is 1.93 bits per heavy atom. The number of fused-ring (bicyclic) bond motifs is 1. The predicted octanol–water partition coefficient (Wildman–Crippen LogP) is 4.51. The molecular weight excluding hydrogens is 352 g/mol. The predicted molar refractivity (Wildman–Crippen MR) is 112 cm³/mol. The van der Waals surface area contributed by atoms with Crippen LogP contribution in [0.4, 0.5) is 0 Å². The van der Waals surface area contributed by atoms with Gasteiger partial charge in [0.05, 0.1) is 12.6 Å². The summed E-state index contributed by atoms with van der Waals surface area (Å²) < 4.78 is 5.66. The fourth-order valence-corrected chi connectivity index (χ4v) is 3.05. The van der Waals surface area contributed by atoms with E-state index < -0.39 is 0 Å². The third kappa shape index (κ3) is 4.42. The number of H-pyrrole nitrogens is 1. The Hall–Kier alpha value is -3.08. The van der Waals surface area contributed by atoms with Crippen molar-refractivity contribution >= 4 is 16.8 Å². The van der Waals surface area contributed by atoms with E-state index in [2.05, 4.69) is 17.2 Å². The van der Waals surface area contributed by atoms with E-state index in [4.69, 9.17) is 4.74 Å². The zero-order chi connectivity index (χ0) is 20.1. The molecule has 1 heterocycles. The Morgan fingerprint density at radius 3 is 2.64 bits per heavy atom. The summed E-state index contributed by atoms with van der Waals surface area (Å²) in [7, 11) is 0. The quantitative estimate of drug-likeness (QED) is 0.594. The third-order valence-electron chi connectivity index (χ3n) is 4.78. The van der Waals surface area contributed by atoms with Crippen LogP contribution in [0, 0.1) is 6.92 Å². The van der Waals surface area contributed by atoms with Crippen molar-refractivity contribution in [2.45, 2.75) is 39.7 Å². The van der Waals surface area contributed by atoms with Crippen molar-refractivity contribution in [1.29, 1.82) is 0 Å². The van der Waals surface area contributed by atoms with E-state index in [1.165, 1.54) is 6.20 Å². The maximum atomic E-state index is 12.7. The fourth-order valence-electron chi connectivity index (χ4n) is 3.05. The molecule has 0 fully saturated rings. The number of amides is 1. The van der Waals surface area contributed by atoms with Crippen LogP contribution in [0.5, 0.6) is 5.75 Å². The van der Waals surface area contributed by atoms with Gasteiger partial charge in [0.25, 0.3) is 5.91 Å². The summed E-state index contributed by atoms with van der Waals surface area (Å²) >= 11 is 0. The number of unbranched alkanes of at least 4 members (excludes halogenated alkanes) is 1. The molecule has 0 spiro atoms. The fraction of sp³-hybridized carbons (Fsp3) is 0.304. The first-order valence-corrected chi connectivity index (χ1v) is 9.65. The van der Waals surface area contributed by atoms with Gasteiger partial charge in [0, 0.05) is 17.1 Å². The van der Waals surface area contributed by atoms with Crippen molar-refractivity contribution in [3.05, 3.63) is 75.6 Å². The van der Waals surface area contributed by atoms with Gasteiger partial charge in [0.15, 0.2) is 0 Å². The molecule has 0 radical (unpaired) electrons. The standard InChI is InChI=1S/C23H26N2O3/c1-4-5-12-28-18-9-7-17(8-10-18)16(3)25-23(27)20-14-24-21-11-6-15(2)13-19(21)22(20)26/h6-11,13-14,16H,4-5,12H2,1-3H3,(H,24,26)(H,25,27). The van der Waals surface area contributed by atoms with Crippen LogP contribution in [-0.2, 0) is 0 Å². The van der Waals surface area contributed by atoms with E-state index in [-0.39, 0.29) is 22.9 Å². The molecule has 0 aliphatic rings. The van der Waals surface area contributed by atoms with Crippen molar-refractivity contribution in [1.82, 2.24) is 10.3 Å². The molecule has 1 aromatic heterocycles. The molecule has 0 bridgehead atoms. The number of carbonyl (C=O) groups excluding carboxylic acids is 1. The van der Waals surface area contributed by atoms with Gasteiger partial charge in [-0.25, -0.2) is 0 Å². The van der Waals surface area contributed by atoms with Crippen molar-refractivity contribution in [2.24, 2.45) is 0 Å². The van der Waals surface area contributed by atoms with E-state index in [1.54, 1.807) is 6.07 Å². The molecule has 2 N–H and O–H groups in total. The lowest BCUT2D eigenvalue weighted by Crippen LogP contribution is -2.31. The summed E-state index contributed by atoms with van der Waals surface area (Å²) in [6.45, 7) is 6.64. The lowest BCUT2D eigenvalue weighted by Gasteiger charge is -2.15. The van der Waals surface area contributed by atoms with E-state index in [0.29, 0.717) is 12.0 Å². The number of benzene rings is 2. The number of aryl methyl sites for hydroxylation is 1. The Morgan fingerprint density at radius 1 is 1.18 bits per heavy atom. The van der Waals surface area contributed by atoms with Crippen LogP contribution in [0.25, 0.3) is 10.9 Å². The minimum absolute atomic E-state index is 0.115. The summed E-state index contributed by atoms with van der Waals surface area (Å²) in [5.74, 6) is 0.428. The van der Waals surface area contributed by atoms with E-state index in [0.717, 1.165) is 35.2 Å². The van der Waals surface area contributed by atoms with Crippen molar-refractivity contribution in [3.63, 3.8) is 0 Å². The monoisotopic (exact) mass is 378 g/mol. The lowest BCUT2D eigenvalue weighted by molar-refractivity contribution is 0.0938.